The summed E-state index contributed by atoms with van der Waals surface area (Å²) in [5, 5.41) is 2.97. The molecule has 0 radical (unpaired) electrons. The quantitative estimate of drug-likeness (QED) is 0.195. The number of methoxy groups -OCH3 is 1. The van der Waals surface area contributed by atoms with Crippen molar-refractivity contribution in [3.63, 3.8) is 0 Å². The highest BCUT2D eigenvalue weighted by Crippen LogP contribution is 2.32. The molecule has 5 aromatic rings. The Labute approximate surface area is 281 Å². The summed E-state index contributed by atoms with van der Waals surface area (Å²) in [4.78, 5) is 45.3. The number of amides is 1. The van der Waals surface area contributed by atoms with Gasteiger partial charge in [-0.15, -0.1) is 0 Å². The number of hydrogen-bond acceptors (Lipinski definition) is 8. The molecule has 1 amide bonds. The molecule has 10 heteroatoms. The first-order valence-corrected chi connectivity index (χ1v) is 16.2. The van der Waals surface area contributed by atoms with E-state index in [1.807, 2.05) is 91.0 Å². The van der Waals surface area contributed by atoms with Crippen LogP contribution < -0.4 is 29.7 Å². The number of hydrogen-bond donors (Lipinski definition) is 1. The smallest absolute Gasteiger partial charge is 0.338 e. The third kappa shape index (κ3) is 6.84. The number of carbonyl (C=O) groups is 2. The van der Waals surface area contributed by atoms with E-state index in [1.165, 1.54) is 11.3 Å². The normalized spacial score (nSPS) is 14.1. The van der Waals surface area contributed by atoms with E-state index in [2.05, 4.69) is 5.32 Å². The fraction of sp³-hybridized carbons (Fsp3) is 0.158. The fourth-order valence-electron chi connectivity index (χ4n) is 5.44. The Kier molecular flexibility index (Phi) is 9.63. The average molecular weight is 660 g/mol. The van der Waals surface area contributed by atoms with Crippen molar-refractivity contribution in [2.45, 2.75) is 26.5 Å². The highest BCUT2D eigenvalue weighted by Gasteiger charge is 2.33. The molecule has 1 aliphatic heterocycles. The molecule has 0 saturated heterocycles. The maximum Gasteiger partial charge on any atom is 0.338 e. The highest BCUT2D eigenvalue weighted by atomic mass is 32.1. The molecular formula is C38H33N3O6S. The predicted octanol–water partition coefficient (Wildman–Crippen LogP) is 5.64. The van der Waals surface area contributed by atoms with Crippen LogP contribution in [0.3, 0.4) is 0 Å². The number of nitrogens with zero attached hydrogens (tertiary/aromatic N) is 2. The Morgan fingerprint density at radius 2 is 1.71 bits per heavy atom. The molecule has 1 N–H and O–H groups in total. The fourth-order valence-corrected chi connectivity index (χ4v) is 6.48. The monoisotopic (exact) mass is 659 g/mol. The Bertz CT molecular complexity index is 2190. The number of thiazole rings is 1. The summed E-state index contributed by atoms with van der Waals surface area (Å²) < 4.78 is 18.7. The summed E-state index contributed by atoms with van der Waals surface area (Å²) in [6.45, 7) is 4.12. The minimum Gasteiger partial charge on any atom is -0.497 e. The summed E-state index contributed by atoms with van der Waals surface area (Å²) >= 11 is 1.25. The summed E-state index contributed by atoms with van der Waals surface area (Å²) in [7, 11) is 1.58. The molecule has 6 rings (SSSR count). The summed E-state index contributed by atoms with van der Waals surface area (Å²) in [6.07, 6.45) is 1.79. The second-order valence-corrected chi connectivity index (χ2v) is 11.9. The van der Waals surface area contributed by atoms with Crippen LogP contribution in [0.25, 0.3) is 6.08 Å². The molecule has 0 bridgehead atoms. The molecule has 1 atom stereocenters. The predicted molar refractivity (Wildman–Crippen MR) is 185 cm³/mol. The first-order chi connectivity index (χ1) is 23.4. The summed E-state index contributed by atoms with van der Waals surface area (Å²) in [5.41, 5.74) is 4.00. The van der Waals surface area contributed by atoms with Crippen molar-refractivity contribution in [3.05, 3.63) is 156 Å². The zero-order valence-electron chi connectivity index (χ0n) is 26.6. The number of aromatic nitrogens is 1. The largest absolute Gasteiger partial charge is 0.497 e. The van der Waals surface area contributed by atoms with Crippen molar-refractivity contribution in [3.8, 4) is 11.5 Å². The number of anilines is 1. The minimum atomic E-state index is -0.744. The van der Waals surface area contributed by atoms with Crippen molar-refractivity contribution in [1.29, 1.82) is 0 Å². The van der Waals surface area contributed by atoms with Gasteiger partial charge in [0.2, 0.25) is 0 Å². The Morgan fingerprint density at radius 3 is 2.46 bits per heavy atom. The Hall–Kier alpha value is -5.74. The second-order valence-electron chi connectivity index (χ2n) is 10.9. The number of para-hydroxylation sites is 2. The van der Waals surface area contributed by atoms with Crippen molar-refractivity contribution in [2.24, 2.45) is 4.99 Å². The zero-order chi connectivity index (χ0) is 33.6. The molecule has 1 aromatic heterocycles. The van der Waals surface area contributed by atoms with Crippen LogP contribution in [-0.4, -0.2) is 30.2 Å². The molecule has 4 aromatic carbocycles. The molecule has 0 aliphatic carbocycles. The maximum absolute atomic E-state index is 14.2. The Morgan fingerprint density at radius 1 is 0.958 bits per heavy atom. The van der Waals surface area contributed by atoms with Gasteiger partial charge in [-0.2, -0.15) is 0 Å². The molecule has 9 nitrogen and oxygen atoms in total. The number of ether oxygens (including phenoxy) is 3. The van der Waals surface area contributed by atoms with Gasteiger partial charge >= 0.3 is 5.97 Å². The van der Waals surface area contributed by atoms with Crippen LogP contribution in [-0.2, 0) is 16.1 Å². The van der Waals surface area contributed by atoms with Crippen LogP contribution in [0.5, 0.6) is 11.5 Å². The SMILES string of the molecule is CCOC(=O)c1ccc(COc2ccccc2/C=c2\sc3n(c2=O)[C@H](c2cccc(OC)c2)C(C(=O)Nc2ccccc2)=C(C)N=3)cc1. The number of benzene rings is 4. The Balaban J connectivity index is 1.36. The van der Waals surface area contributed by atoms with E-state index in [0.29, 0.717) is 61.1 Å². The molecule has 242 valence electrons. The van der Waals surface area contributed by atoms with Crippen LogP contribution in [0.4, 0.5) is 5.69 Å². The molecule has 48 heavy (non-hydrogen) atoms. The first-order valence-electron chi connectivity index (χ1n) is 15.4. The van der Waals surface area contributed by atoms with Gasteiger partial charge in [-0.25, -0.2) is 9.79 Å². The lowest BCUT2D eigenvalue weighted by Gasteiger charge is -2.25. The van der Waals surface area contributed by atoms with Crippen LogP contribution >= 0.6 is 11.3 Å². The third-order valence-corrected chi connectivity index (χ3v) is 8.76. The molecular weight excluding hydrogens is 626 g/mol. The minimum absolute atomic E-state index is 0.254. The average Bonchev–Trinajstić information content (AvgIpc) is 3.41. The van der Waals surface area contributed by atoms with Crippen LogP contribution in [0.2, 0.25) is 0 Å². The number of esters is 1. The standard InChI is InChI=1S/C38H33N3O6S/c1-4-46-37(44)26-19-17-25(18-20-26)23-47-31-16-9-8-11-27(31)22-32-36(43)41-34(28-12-10-15-30(21-28)45-3)33(24(2)39-38(41)48-32)35(42)40-29-13-6-5-7-14-29/h5-22,34H,4,23H2,1-3H3,(H,40,42)/b32-22-/t34-/m1/s1. The second kappa shape index (κ2) is 14.4. The topological polar surface area (TPSA) is 108 Å². The molecule has 0 fully saturated rings. The molecule has 0 unspecified atom stereocenters. The van der Waals surface area contributed by atoms with Crippen molar-refractivity contribution < 1.29 is 23.8 Å². The van der Waals surface area contributed by atoms with E-state index in [4.69, 9.17) is 19.2 Å². The van der Waals surface area contributed by atoms with Crippen LogP contribution in [0.1, 0.15) is 46.9 Å². The first kappa shape index (κ1) is 32.2. The summed E-state index contributed by atoms with van der Waals surface area (Å²) in [5.74, 6) is 0.470. The number of carbonyl (C=O) groups excluding carboxylic acids is 2. The van der Waals surface area contributed by atoms with Gasteiger partial charge in [0.05, 0.1) is 41.1 Å². The van der Waals surface area contributed by atoms with Gasteiger partial charge in [-0.05, 0) is 73.5 Å². The van der Waals surface area contributed by atoms with Gasteiger partial charge in [-0.1, -0.05) is 72.0 Å². The van der Waals surface area contributed by atoms with Gasteiger partial charge < -0.3 is 19.5 Å². The van der Waals surface area contributed by atoms with Crippen LogP contribution in [0, 0.1) is 0 Å². The summed E-state index contributed by atoms with van der Waals surface area (Å²) in [6, 6.07) is 30.3. The third-order valence-electron chi connectivity index (χ3n) is 7.77. The van der Waals surface area contributed by atoms with Crippen LogP contribution in [0.15, 0.2) is 124 Å². The van der Waals surface area contributed by atoms with E-state index >= 15 is 0 Å². The van der Waals surface area contributed by atoms with Crippen molar-refractivity contribution in [1.82, 2.24) is 4.57 Å². The van der Waals surface area contributed by atoms with Gasteiger partial charge in [0.25, 0.3) is 11.5 Å². The lowest BCUT2D eigenvalue weighted by Crippen LogP contribution is -2.40. The van der Waals surface area contributed by atoms with Gasteiger partial charge in [-0.3, -0.25) is 14.2 Å². The molecule has 2 heterocycles. The maximum atomic E-state index is 14.2. The number of fused-ring (bicyclic) bond motifs is 1. The van der Waals surface area contributed by atoms with E-state index in [0.717, 1.165) is 5.56 Å². The lowest BCUT2D eigenvalue weighted by atomic mass is 9.95. The molecule has 0 saturated carbocycles. The van der Waals surface area contributed by atoms with E-state index < -0.39 is 6.04 Å². The van der Waals surface area contributed by atoms with Crippen molar-refractivity contribution in [2.75, 3.05) is 19.0 Å². The van der Waals surface area contributed by atoms with Gasteiger partial charge in [0.15, 0.2) is 4.80 Å². The van der Waals surface area contributed by atoms with E-state index in [9.17, 15) is 14.4 Å². The number of rotatable bonds is 10. The zero-order valence-corrected chi connectivity index (χ0v) is 27.5. The number of nitrogens with one attached hydrogen (secondary N) is 1. The van der Waals surface area contributed by atoms with E-state index in [1.54, 1.807) is 43.7 Å². The van der Waals surface area contributed by atoms with E-state index in [-0.39, 0.29) is 24.0 Å². The van der Waals surface area contributed by atoms with Gasteiger partial charge in [0, 0.05) is 11.3 Å². The number of allylic oxidation sites excluding steroid dienone is 1. The molecule has 1 aliphatic rings. The van der Waals surface area contributed by atoms with Crippen molar-refractivity contribution >= 4 is 35.0 Å². The molecule has 0 spiro atoms. The van der Waals surface area contributed by atoms with Gasteiger partial charge in [0.1, 0.15) is 18.1 Å². The highest BCUT2D eigenvalue weighted by molar-refractivity contribution is 7.07. The lowest BCUT2D eigenvalue weighted by molar-refractivity contribution is -0.113.